The van der Waals surface area contributed by atoms with Crippen LogP contribution in [0.4, 0.5) is 14.5 Å². The van der Waals surface area contributed by atoms with Crippen molar-refractivity contribution in [1.29, 1.82) is 0 Å². The number of rotatable bonds is 5. The Bertz CT molecular complexity index is 1010. The van der Waals surface area contributed by atoms with Crippen LogP contribution in [0.15, 0.2) is 71.9 Å². The molecule has 2 aromatic carbocycles. The molecular weight excluding hydrogens is 382 g/mol. The maximum atomic E-state index is 14.3. The monoisotopic (exact) mass is 394 g/mol. The number of benzene rings is 2. The summed E-state index contributed by atoms with van der Waals surface area (Å²) in [5.74, 6) is -1.78. The first-order valence-corrected chi connectivity index (χ1v) is 9.32. The van der Waals surface area contributed by atoms with Crippen molar-refractivity contribution in [1.82, 2.24) is 4.98 Å². The van der Waals surface area contributed by atoms with Gasteiger partial charge in [-0.15, -0.1) is 0 Å². The van der Waals surface area contributed by atoms with Gasteiger partial charge in [0.25, 0.3) is 10.0 Å². The van der Waals surface area contributed by atoms with Crippen LogP contribution in [0.25, 0.3) is 0 Å². The van der Waals surface area contributed by atoms with Crippen molar-refractivity contribution in [2.45, 2.75) is 11.4 Å². The minimum atomic E-state index is -4.12. The molecule has 3 rings (SSSR count). The van der Waals surface area contributed by atoms with Crippen LogP contribution >= 0.6 is 11.6 Å². The average molecular weight is 395 g/mol. The Hall–Kier alpha value is -2.51. The second-order valence-corrected chi connectivity index (χ2v) is 7.72. The molecule has 4 nitrogen and oxygen atoms in total. The molecule has 0 amide bonds. The molecule has 0 saturated carbocycles. The van der Waals surface area contributed by atoms with E-state index in [2.05, 4.69) is 4.98 Å². The molecule has 3 aromatic rings. The maximum absolute atomic E-state index is 14.3. The molecule has 0 aliphatic heterocycles. The molecule has 0 aliphatic carbocycles. The molecule has 1 aromatic heterocycles. The lowest BCUT2D eigenvalue weighted by Crippen LogP contribution is -2.31. The van der Waals surface area contributed by atoms with E-state index in [4.69, 9.17) is 11.6 Å². The van der Waals surface area contributed by atoms with E-state index in [0.717, 1.165) is 16.4 Å². The third-order valence-corrected chi connectivity index (χ3v) is 5.65. The lowest BCUT2D eigenvalue weighted by Gasteiger charge is -2.25. The van der Waals surface area contributed by atoms with Gasteiger partial charge in [-0.2, -0.15) is 0 Å². The molecule has 26 heavy (non-hydrogen) atoms. The van der Waals surface area contributed by atoms with Crippen molar-refractivity contribution in [3.8, 4) is 0 Å². The predicted molar refractivity (Wildman–Crippen MR) is 95.4 cm³/mol. The van der Waals surface area contributed by atoms with E-state index in [0.29, 0.717) is 16.7 Å². The number of pyridine rings is 1. The first-order chi connectivity index (χ1) is 12.4. The quantitative estimate of drug-likeness (QED) is 0.644. The zero-order chi connectivity index (χ0) is 18.7. The van der Waals surface area contributed by atoms with Gasteiger partial charge in [-0.3, -0.25) is 9.29 Å². The lowest BCUT2D eigenvalue weighted by molar-refractivity contribution is 0.573. The van der Waals surface area contributed by atoms with Gasteiger partial charge in [0.05, 0.1) is 17.1 Å². The highest BCUT2D eigenvalue weighted by molar-refractivity contribution is 7.92. The molecule has 8 heteroatoms. The van der Waals surface area contributed by atoms with Crippen LogP contribution in [0.5, 0.6) is 0 Å². The minimum Gasteiger partial charge on any atom is -0.264 e. The Balaban J connectivity index is 2.12. The van der Waals surface area contributed by atoms with Crippen LogP contribution in [0.1, 0.15) is 5.56 Å². The van der Waals surface area contributed by atoms with Crippen molar-refractivity contribution in [3.63, 3.8) is 0 Å². The Labute approximate surface area is 154 Å². The van der Waals surface area contributed by atoms with E-state index in [1.807, 2.05) is 0 Å². The lowest BCUT2D eigenvalue weighted by atomic mass is 10.2. The molecule has 0 saturated heterocycles. The van der Waals surface area contributed by atoms with Gasteiger partial charge in [0, 0.05) is 23.5 Å². The fraction of sp³-hybridized carbons (Fsp3) is 0.0556. The average Bonchev–Trinajstić information content (AvgIpc) is 2.61. The van der Waals surface area contributed by atoms with Gasteiger partial charge in [-0.05, 0) is 48.0 Å². The van der Waals surface area contributed by atoms with Gasteiger partial charge in [-0.25, -0.2) is 17.2 Å². The van der Waals surface area contributed by atoms with Crippen LogP contribution in [0.2, 0.25) is 5.02 Å². The molecule has 0 aliphatic rings. The summed E-state index contributed by atoms with van der Waals surface area (Å²) in [7, 11) is -4.12. The summed E-state index contributed by atoms with van der Waals surface area (Å²) in [5, 5.41) is 0.371. The van der Waals surface area contributed by atoms with E-state index < -0.39 is 21.7 Å². The smallest absolute Gasteiger partial charge is 0.264 e. The van der Waals surface area contributed by atoms with Crippen LogP contribution in [-0.2, 0) is 16.6 Å². The summed E-state index contributed by atoms with van der Waals surface area (Å²) >= 11 is 5.81. The summed E-state index contributed by atoms with van der Waals surface area (Å²) in [6.07, 6.45) is 3.02. The summed E-state index contributed by atoms with van der Waals surface area (Å²) in [6, 6.07) is 11.6. The van der Waals surface area contributed by atoms with Crippen molar-refractivity contribution in [2.24, 2.45) is 0 Å². The molecule has 0 N–H and O–H groups in total. The van der Waals surface area contributed by atoms with Crippen molar-refractivity contribution in [3.05, 3.63) is 89.2 Å². The maximum Gasteiger partial charge on any atom is 0.264 e. The normalized spacial score (nSPS) is 11.3. The van der Waals surface area contributed by atoms with Gasteiger partial charge in [-0.1, -0.05) is 17.7 Å². The highest BCUT2D eigenvalue weighted by Crippen LogP contribution is 2.29. The van der Waals surface area contributed by atoms with Crippen LogP contribution < -0.4 is 4.31 Å². The number of sulfonamides is 1. The SMILES string of the molecule is O=S(=O)(c1ccc(Cl)cc1)N(Cc1cccnc1)c1ccc(F)cc1F. The first kappa shape index (κ1) is 18.3. The predicted octanol–water partition coefficient (Wildman–Crippen LogP) is 4.41. The summed E-state index contributed by atoms with van der Waals surface area (Å²) in [5.41, 5.74) is 0.291. The molecule has 0 radical (unpaired) electrons. The van der Waals surface area contributed by atoms with E-state index in [1.54, 1.807) is 18.3 Å². The number of nitrogens with zero attached hydrogens (tertiary/aromatic N) is 2. The van der Waals surface area contributed by atoms with Crippen molar-refractivity contribution >= 4 is 27.3 Å². The fourth-order valence-corrected chi connectivity index (χ4v) is 3.96. The van der Waals surface area contributed by atoms with Gasteiger partial charge in [0.2, 0.25) is 0 Å². The van der Waals surface area contributed by atoms with E-state index >= 15 is 0 Å². The number of hydrogen-bond donors (Lipinski definition) is 0. The van der Waals surface area contributed by atoms with Crippen LogP contribution in [0, 0.1) is 11.6 Å². The van der Waals surface area contributed by atoms with Crippen LogP contribution in [-0.4, -0.2) is 13.4 Å². The van der Waals surface area contributed by atoms with Gasteiger partial charge in [0.15, 0.2) is 0 Å². The highest BCUT2D eigenvalue weighted by atomic mass is 35.5. The summed E-state index contributed by atoms with van der Waals surface area (Å²) in [6.45, 7) is -0.165. The molecule has 0 fully saturated rings. The van der Waals surface area contributed by atoms with Crippen LogP contribution in [0.3, 0.4) is 0 Å². The molecule has 0 bridgehead atoms. The number of aromatic nitrogens is 1. The molecule has 0 atom stereocenters. The fourth-order valence-electron chi connectivity index (χ4n) is 2.37. The van der Waals surface area contributed by atoms with Crippen molar-refractivity contribution in [2.75, 3.05) is 4.31 Å². The Morgan fingerprint density at radius 3 is 2.38 bits per heavy atom. The first-order valence-electron chi connectivity index (χ1n) is 7.50. The third-order valence-electron chi connectivity index (χ3n) is 3.63. The van der Waals surface area contributed by atoms with E-state index in [9.17, 15) is 17.2 Å². The molecule has 1 heterocycles. The van der Waals surface area contributed by atoms with Gasteiger partial charge < -0.3 is 0 Å². The standard InChI is InChI=1S/C18H13ClF2N2O2S/c19-14-3-6-16(7-4-14)26(24,25)23(12-13-2-1-9-22-11-13)18-8-5-15(20)10-17(18)21/h1-11H,12H2. The topological polar surface area (TPSA) is 50.3 Å². The Morgan fingerprint density at radius 1 is 1.04 bits per heavy atom. The molecule has 134 valence electrons. The summed E-state index contributed by atoms with van der Waals surface area (Å²) in [4.78, 5) is 3.88. The van der Waals surface area contributed by atoms with E-state index in [1.165, 1.54) is 30.5 Å². The van der Waals surface area contributed by atoms with E-state index in [-0.39, 0.29) is 17.1 Å². The highest BCUT2D eigenvalue weighted by Gasteiger charge is 2.27. The largest absolute Gasteiger partial charge is 0.264 e. The molecule has 0 unspecified atom stereocenters. The zero-order valence-corrected chi connectivity index (χ0v) is 14.9. The molecule has 0 spiro atoms. The second-order valence-electron chi connectivity index (χ2n) is 5.42. The number of hydrogen-bond acceptors (Lipinski definition) is 3. The summed E-state index contributed by atoms with van der Waals surface area (Å²) < 4.78 is 54.7. The molecular formula is C18H13ClF2N2O2S. The second kappa shape index (κ2) is 7.39. The van der Waals surface area contributed by atoms with Gasteiger partial charge in [0.1, 0.15) is 11.6 Å². The number of anilines is 1. The Morgan fingerprint density at radius 2 is 1.77 bits per heavy atom. The third kappa shape index (κ3) is 3.84. The zero-order valence-electron chi connectivity index (χ0n) is 13.3. The number of halogens is 3. The Kier molecular flexibility index (Phi) is 5.20. The van der Waals surface area contributed by atoms with Crippen molar-refractivity contribution < 1.29 is 17.2 Å². The van der Waals surface area contributed by atoms with Gasteiger partial charge >= 0.3 is 0 Å². The minimum absolute atomic E-state index is 0.0606.